The molecule has 2 aliphatic rings. The highest BCUT2D eigenvalue weighted by molar-refractivity contribution is 6.31. The molecule has 0 radical (unpaired) electrons. The second-order valence-electron chi connectivity index (χ2n) is 6.44. The number of phenolic OH excluding ortho intramolecular Hbond substituents is 2. The number of ether oxygens (including phenoxy) is 1. The van der Waals surface area contributed by atoms with Gasteiger partial charge < -0.3 is 20.7 Å². The Labute approximate surface area is 143 Å². The highest BCUT2D eigenvalue weighted by atomic mass is 16.5. The molecular formula is C18H17NO6. The zero-order valence-corrected chi connectivity index (χ0v) is 14.2. The number of nitrogens with two attached hydrogens (primary N) is 1. The van der Waals surface area contributed by atoms with Crippen LogP contribution >= 0.6 is 0 Å². The zero-order chi connectivity index (χ0) is 18.8. The van der Waals surface area contributed by atoms with Crippen LogP contribution in [-0.2, 0) is 15.0 Å². The number of Topliss-reactive ketones (excluding diaryl/α,β-unsaturated/α-hetero) is 2. The number of ketones is 3. The van der Waals surface area contributed by atoms with E-state index in [1.54, 1.807) is 0 Å². The van der Waals surface area contributed by atoms with Crippen LogP contribution in [0.3, 0.4) is 0 Å². The first-order chi connectivity index (χ1) is 11.5. The molecule has 130 valence electrons. The van der Waals surface area contributed by atoms with Crippen molar-refractivity contribution in [3.8, 4) is 17.2 Å². The van der Waals surface area contributed by atoms with Gasteiger partial charge in [0, 0.05) is 17.3 Å². The molecule has 3 rings (SSSR count). The number of rotatable bonds is 1. The standard InChI is InChI=1S/C18H17NO6/c1-6-14(22)12(8(3)20)16-13(15(6)23)18(4)10(25-16)5-9(21)11(7(2)19)17(18)24/h5,22-23H,19H2,1-4H3/b11-7+/t18-/m1/s1. The Balaban J connectivity index is 2.46. The normalized spacial score (nSPS) is 23.6. The summed E-state index contributed by atoms with van der Waals surface area (Å²) in [5.74, 6) is -2.62. The molecule has 1 aromatic rings. The van der Waals surface area contributed by atoms with Gasteiger partial charge in [0.1, 0.15) is 34.0 Å². The second kappa shape index (κ2) is 4.95. The Morgan fingerprint density at radius 2 is 1.80 bits per heavy atom. The summed E-state index contributed by atoms with van der Waals surface area (Å²) in [6.07, 6.45) is 1.13. The van der Waals surface area contributed by atoms with E-state index < -0.39 is 28.5 Å². The highest BCUT2D eigenvalue weighted by Gasteiger charge is 2.56. The predicted octanol–water partition coefficient (Wildman–Crippen LogP) is 1.53. The predicted molar refractivity (Wildman–Crippen MR) is 87.5 cm³/mol. The molecule has 0 saturated carbocycles. The molecule has 0 saturated heterocycles. The van der Waals surface area contributed by atoms with Gasteiger partial charge in [0.25, 0.3) is 0 Å². The summed E-state index contributed by atoms with van der Waals surface area (Å²) in [4.78, 5) is 37.3. The molecule has 0 fully saturated rings. The van der Waals surface area contributed by atoms with E-state index in [9.17, 15) is 24.6 Å². The van der Waals surface area contributed by atoms with E-state index in [2.05, 4.69) is 0 Å². The number of phenols is 2. The van der Waals surface area contributed by atoms with Gasteiger partial charge in [0.05, 0.1) is 11.1 Å². The van der Waals surface area contributed by atoms with Crippen molar-refractivity contribution >= 4 is 17.3 Å². The first-order valence-electron chi connectivity index (χ1n) is 7.58. The third-order valence-corrected chi connectivity index (χ3v) is 4.78. The van der Waals surface area contributed by atoms with Gasteiger partial charge in [-0.3, -0.25) is 14.4 Å². The molecular weight excluding hydrogens is 326 g/mol. The number of fused-ring (bicyclic) bond motifs is 3. The Morgan fingerprint density at radius 1 is 1.20 bits per heavy atom. The van der Waals surface area contributed by atoms with Crippen molar-refractivity contribution in [3.05, 3.63) is 39.8 Å². The summed E-state index contributed by atoms with van der Waals surface area (Å²) in [6, 6.07) is 0. The van der Waals surface area contributed by atoms with Crippen LogP contribution < -0.4 is 10.5 Å². The topological polar surface area (TPSA) is 127 Å². The fourth-order valence-electron chi connectivity index (χ4n) is 3.38. The van der Waals surface area contributed by atoms with E-state index in [4.69, 9.17) is 10.5 Å². The number of hydrogen-bond acceptors (Lipinski definition) is 7. The number of allylic oxidation sites excluding steroid dienone is 4. The molecule has 0 aromatic heterocycles. The summed E-state index contributed by atoms with van der Waals surface area (Å²) < 4.78 is 5.61. The molecule has 1 aliphatic carbocycles. The van der Waals surface area contributed by atoms with E-state index >= 15 is 0 Å². The van der Waals surface area contributed by atoms with Crippen molar-refractivity contribution in [2.24, 2.45) is 5.73 Å². The first-order valence-corrected chi connectivity index (χ1v) is 7.58. The second-order valence-corrected chi connectivity index (χ2v) is 6.44. The summed E-state index contributed by atoms with van der Waals surface area (Å²) in [5, 5.41) is 20.8. The molecule has 0 unspecified atom stereocenters. The fourth-order valence-corrected chi connectivity index (χ4v) is 3.38. The van der Waals surface area contributed by atoms with Gasteiger partial charge in [-0.15, -0.1) is 0 Å². The van der Waals surface area contributed by atoms with Gasteiger partial charge in [-0.2, -0.15) is 0 Å². The molecule has 0 spiro atoms. The molecule has 0 bridgehead atoms. The quantitative estimate of drug-likeness (QED) is 0.401. The molecule has 25 heavy (non-hydrogen) atoms. The van der Waals surface area contributed by atoms with Crippen molar-refractivity contribution in [1.82, 2.24) is 0 Å². The van der Waals surface area contributed by atoms with Crippen molar-refractivity contribution < 1.29 is 29.3 Å². The third kappa shape index (κ3) is 1.89. The van der Waals surface area contributed by atoms with Crippen LogP contribution in [0.4, 0.5) is 0 Å². The number of aromatic hydroxyl groups is 2. The van der Waals surface area contributed by atoms with E-state index in [1.807, 2.05) is 0 Å². The largest absolute Gasteiger partial charge is 0.507 e. The van der Waals surface area contributed by atoms with Crippen LogP contribution in [0.15, 0.2) is 23.1 Å². The monoisotopic (exact) mass is 343 g/mol. The average molecular weight is 343 g/mol. The summed E-state index contributed by atoms with van der Waals surface area (Å²) in [5.41, 5.74) is 4.02. The number of benzene rings is 1. The van der Waals surface area contributed by atoms with Crippen molar-refractivity contribution in [1.29, 1.82) is 0 Å². The van der Waals surface area contributed by atoms with Crippen LogP contribution in [0.25, 0.3) is 0 Å². The summed E-state index contributed by atoms with van der Waals surface area (Å²) >= 11 is 0. The first kappa shape index (κ1) is 16.8. The van der Waals surface area contributed by atoms with E-state index in [1.165, 1.54) is 27.7 Å². The molecule has 7 nitrogen and oxygen atoms in total. The Morgan fingerprint density at radius 3 is 2.32 bits per heavy atom. The van der Waals surface area contributed by atoms with Gasteiger partial charge in [-0.1, -0.05) is 0 Å². The van der Waals surface area contributed by atoms with E-state index in [-0.39, 0.29) is 45.2 Å². The van der Waals surface area contributed by atoms with E-state index in [0.29, 0.717) is 0 Å². The minimum absolute atomic E-state index is 0.00898. The van der Waals surface area contributed by atoms with Gasteiger partial charge >= 0.3 is 0 Å². The third-order valence-electron chi connectivity index (χ3n) is 4.78. The highest BCUT2D eigenvalue weighted by Crippen LogP contribution is 2.57. The van der Waals surface area contributed by atoms with Crippen molar-refractivity contribution in [2.45, 2.75) is 33.1 Å². The van der Waals surface area contributed by atoms with Gasteiger partial charge in [0.15, 0.2) is 17.3 Å². The summed E-state index contributed by atoms with van der Waals surface area (Å²) in [6.45, 7) is 5.58. The van der Waals surface area contributed by atoms with Crippen molar-refractivity contribution in [2.75, 3.05) is 0 Å². The lowest BCUT2D eigenvalue weighted by Crippen LogP contribution is -2.40. The summed E-state index contributed by atoms with van der Waals surface area (Å²) in [7, 11) is 0. The molecule has 4 N–H and O–H groups in total. The molecule has 7 heteroatoms. The maximum Gasteiger partial charge on any atom is 0.194 e. The Hall–Kier alpha value is -3.09. The number of carbonyl (C=O) groups excluding carboxylic acids is 3. The Bertz CT molecular complexity index is 949. The van der Waals surface area contributed by atoms with Crippen LogP contribution in [0, 0.1) is 6.92 Å². The van der Waals surface area contributed by atoms with Crippen LogP contribution in [0.5, 0.6) is 17.2 Å². The lowest BCUT2D eigenvalue weighted by molar-refractivity contribution is -0.123. The van der Waals surface area contributed by atoms with Crippen molar-refractivity contribution in [3.63, 3.8) is 0 Å². The molecule has 0 amide bonds. The van der Waals surface area contributed by atoms with Gasteiger partial charge in [-0.05, 0) is 27.7 Å². The minimum atomic E-state index is -1.51. The van der Waals surface area contributed by atoms with Gasteiger partial charge in [-0.25, -0.2) is 0 Å². The van der Waals surface area contributed by atoms with Crippen LogP contribution in [0.1, 0.15) is 42.3 Å². The maximum atomic E-state index is 13.0. The smallest absolute Gasteiger partial charge is 0.194 e. The molecule has 1 atom stereocenters. The molecule has 1 aromatic carbocycles. The molecule has 1 aliphatic heterocycles. The lowest BCUT2D eigenvalue weighted by atomic mass is 9.70. The Kier molecular flexibility index (Phi) is 3.32. The zero-order valence-electron chi connectivity index (χ0n) is 14.2. The van der Waals surface area contributed by atoms with Gasteiger partial charge in [0.2, 0.25) is 0 Å². The van der Waals surface area contributed by atoms with Crippen LogP contribution in [-0.4, -0.2) is 27.6 Å². The SMILES string of the molecule is CC(=O)c1c(O)c(C)c(O)c2c1OC1=CC(=O)/C(=C(/C)N)C(=O)[C@]12C. The maximum absolute atomic E-state index is 13.0. The average Bonchev–Trinajstić information content (AvgIpc) is 2.78. The molecule has 1 heterocycles. The number of carbonyl (C=O) groups is 3. The van der Waals surface area contributed by atoms with Crippen LogP contribution in [0.2, 0.25) is 0 Å². The lowest BCUT2D eigenvalue weighted by Gasteiger charge is -2.28. The van der Waals surface area contributed by atoms with E-state index in [0.717, 1.165) is 6.08 Å². The number of hydrogen-bond donors (Lipinski definition) is 3. The fraction of sp³-hybridized carbons (Fsp3) is 0.278. The minimum Gasteiger partial charge on any atom is -0.507 e.